The Labute approximate surface area is 126 Å². The Kier molecular flexibility index (Phi) is 6.31. The number of piperidine rings is 1. The second-order valence-corrected chi connectivity index (χ2v) is 7.30. The Morgan fingerprint density at radius 3 is 2.70 bits per heavy atom. The summed E-state index contributed by atoms with van der Waals surface area (Å²) in [5.74, 6) is 0.902. The highest BCUT2D eigenvalue weighted by molar-refractivity contribution is 4.93. The molecule has 1 aliphatic heterocycles. The summed E-state index contributed by atoms with van der Waals surface area (Å²) in [4.78, 5) is 5.23. The van der Waals surface area contributed by atoms with Crippen LogP contribution in [0.15, 0.2) is 0 Å². The van der Waals surface area contributed by atoms with E-state index in [1.807, 2.05) is 0 Å². The summed E-state index contributed by atoms with van der Waals surface area (Å²) in [6.45, 7) is 8.48. The lowest BCUT2D eigenvalue weighted by Gasteiger charge is -2.46. The van der Waals surface area contributed by atoms with Gasteiger partial charge in [0.25, 0.3) is 0 Å². The van der Waals surface area contributed by atoms with Gasteiger partial charge in [-0.1, -0.05) is 13.8 Å². The van der Waals surface area contributed by atoms with Gasteiger partial charge in [0.05, 0.1) is 0 Å². The lowest BCUT2D eigenvalue weighted by molar-refractivity contribution is 0.0494. The van der Waals surface area contributed by atoms with Crippen molar-refractivity contribution in [1.29, 1.82) is 0 Å². The van der Waals surface area contributed by atoms with Crippen LogP contribution in [0.3, 0.4) is 0 Å². The zero-order chi connectivity index (χ0) is 14.5. The summed E-state index contributed by atoms with van der Waals surface area (Å²) in [5.41, 5.74) is 0. The molecule has 0 bridgehead atoms. The van der Waals surface area contributed by atoms with Crippen molar-refractivity contribution >= 4 is 0 Å². The summed E-state index contributed by atoms with van der Waals surface area (Å²) in [6.07, 6.45) is 8.16. The quantitative estimate of drug-likeness (QED) is 0.835. The molecule has 0 spiro atoms. The number of rotatable bonds is 5. The fourth-order valence-electron chi connectivity index (χ4n) is 4.03. The molecular formula is C17H35N3. The third kappa shape index (κ3) is 4.19. The summed E-state index contributed by atoms with van der Waals surface area (Å²) >= 11 is 0. The van der Waals surface area contributed by atoms with Crippen molar-refractivity contribution in [1.82, 2.24) is 15.1 Å². The molecule has 1 N–H and O–H groups in total. The average molecular weight is 281 g/mol. The fraction of sp³-hybridized carbons (Fsp3) is 1.00. The van der Waals surface area contributed by atoms with Crippen LogP contribution in [0.5, 0.6) is 0 Å². The molecule has 0 radical (unpaired) electrons. The van der Waals surface area contributed by atoms with Gasteiger partial charge < -0.3 is 10.2 Å². The van der Waals surface area contributed by atoms with Crippen molar-refractivity contribution in [2.75, 3.05) is 33.7 Å². The van der Waals surface area contributed by atoms with E-state index in [-0.39, 0.29) is 0 Å². The molecule has 3 heteroatoms. The van der Waals surface area contributed by atoms with E-state index in [1.165, 1.54) is 58.2 Å². The van der Waals surface area contributed by atoms with Crippen LogP contribution in [0.4, 0.5) is 0 Å². The molecule has 0 aromatic heterocycles. The van der Waals surface area contributed by atoms with E-state index in [4.69, 9.17) is 0 Å². The maximum Gasteiger partial charge on any atom is 0.0252 e. The topological polar surface area (TPSA) is 18.5 Å². The van der Waals surface area contributed by atoms with Crippen molar-refractivity contribution in [2.45, 2.75) is 70.5 Å². The molecule has 4 unspecified atom stereocenters. The molecule has 3 nitrogen and oxygen atoms in total. The monoisotopic (exact) mass is 281 g/mol. The highest BCUT2D eigenvalue weighted by Crippen LogP contribution is 2.30. The first kappa shape index (κ1) is 16.3. The number of nitrogens with zero attached hydrogens (tertiary/aromatic N) is 2. The lowest BCUT2D eigenvalue weighted by Crippen LogP contribution is -2.57. The van der Waals surface area contributed by atoms with Crippen LogP contribution in [0.1, 0.15) is 52.4 Å². The first-order chi connectivity index (χ1) is 9.61. The van der Waals surface area contributed by atoms with Crippen LogP contribution in [0, 0.1) is 5.92 Å². The SMILES string of the molecule is CCCNC1CCC(C)CC1N1CCCC(N(C)C)C1. The average Bonchev–Trinajstić information content (AvgIpc) is 2.46. The molecule has 1 aliphatic carbocycles. The summed E-state index contributed by atoms with van der Waals surface area (Å²) in [7, 11) is 4.48. The van der Waals surface area contributed by atoms with Crippen LogP contribution in [-0.2, 0) is 0 Å². The second kappa shape index (κ2) is 7.77. The normalized spacial score (nSPS) is 36.5. The minimum atomic E-state index is 0.729. The summed E-state index contributed by atoms with van der Waals surface area (Å²) in [6, 6.07) is 2.26. The predicted octanol–water partition coefficient (Wildman–Crippen LogP) is 2.57. The van der Waals surface area contributed by atoms with Gasteiger partial charge in [-0.25, -0.2) is 0 Å². The van der Waals surface area contributed by atoms with Gasteiger partial charge in [-0.15, -0.1) is 0 Å². The number of hydrogen-bond donors (Lipinski definition) is 1. The van der Waals surface area contributed by atoms with Crippen molar-refractivity contribution in [2.24, 2.45) is 5.92 Å². The first-order valence-electron chi connectivity index (χ1n) is 8.75. The van der Waals surface area contributed by atoms with Crippen LogP contribution < -0.4 is 5.32 Å². The van der Waals surface area contributed by atoms with Gasteiger partial charge in [-0.3, -0.25) is 4.90 Å². The minimum Gasteiger partial charge on any atom is -0.312 e. The third-order valence-corrected chi connectivity index (χ3v) is 5.36. The molecule has 2 rings (SSSR count). The van der Waals surface area contributed by atoms with Gasteiger partial charge in [-0.2, -0.15) is 0 Å². The second-order valence-electron chi connectivity index (χ2n) is 7.30. The molecule has 1 saturated heterocycles. The Balaban J connectivity index is 1.97. The fourth-order valence-corrected chi connectivity index (χ4v) is 4.03. The van der Waals surface area contributed by atoms with E-state index in [9.17, 15) is 0 Å². The molecule has 1 saturated carbocycles. The van der Waals surface area contributed by atoms with Gasteiger partial charge in [0, 0.05) is 24.7 Å². The molecular weight excluding hydrogens is 246 g/mol. The molecule has 2 aliphatic rings. The zero-order valence-electron chi connectivity index (χ0n) is 14.1. The van der Waals surface area contributed by atoms with Crippen LogP contribution in [0.2, 0.25) is 0 Å². The Morgan fingerprint density at radius 1 is 1.20 bits per heavy atom. The Bertz CT molecular complexity index is 277. The third-order valence-electron chi connectivity index (χ3n) is 5.36. The van der Waals surface area contributed by atoms with Crippen molar-refractivity contribution in [3.05, 3.63) is 0 Å². The Hall–Kier alpha value is -0.120. The van der Waals surface area contributed by atoms with E-state index in [2.05, 4.69) is 43.1 Å². The number of likely N-dealkylation sites (N-methyl/N-ethyl adjacent to an activating group) is 1. The molecule has 20 heavy (non-hydrogen) atoms. The van der Waals surface area contributed by atoms with E-state index < -0.39 is 0 Å². The standard InChI is InChI=1S/C17H35N3/c1-5-10-18-16-9-8-14(2)12-17(16)20-11-6-7-15(13-20)19(3)4/h14-18H,5-13H2,1-4H3. The maximum absolute atomic E-state index is 3.83. The number of nitrogens with one attached hydrogen (secondary N) is 1. The lowest BCUT2D eigenvalue weighted by atomic mass is 9.81. The van der Waals surface area contributed by atoms with Gasteiger partial charge in [-0.05, 0) is 71.6 Å². The molecule has 118 valence electrons. The van der Waals surface area contributed by atoms with E-state index in [0.717, 1.165) is 24.0 Å². The summed E-state index contributed by atoms with van der Waals surface area (Å²) < 4.78 is 0. The maximum atomic E-state index is 3.83. The summed E-state index contributed by atoms with van der Waals surface area (Å²) in [5, 5.41) is 3.83. The molecule has 4 atom stereocenters. The smallest absolute Gasteiger partial charge is 0.0252 e. The number of hydrogen-bond acceptors (Lipinski definition) is 3. The van der Waals surface area contributed by atoms with E-state index in [0.29, 0.717) is 0 Å². The van der Waals surface area contributed by atoms with E-state index in [1.54, 1.807) is 0 Å². The van der Waals surface area contributed by atoms with E-state index >= 15 is 0 Å². The number of likely N-dealkylation sites (tertiary alicyclic amines) is 1. The molecule has 0 amide bonds. The molecule has 1 heterocycles. The Morgan fingerprint density at radius 2 is 2.00 bits per heavy atom. The highest BCUT2D eigenvalue weighted by atomic mass is 15.2. The van der Waals surface area contributed by atoms with Gasteiger partial charge in [0.2, 0.25) is 0 Å². The molecule has 0 aromatic carbocycles. The predicted molar refractivity (Wildman–Crippen MR) is 87.2 cm³/mol. The van der Waals surface area contributed by atoms with Crippen molar-refractivity contribution in [3.63, 3.8) is 0 Å². The minimum absolute atomic E-state index is 0.729. The van der Waals surface area contributed by atoms with Crippen molar-refractivity contribution in [3.8, 4) is 0 Å². The van der Waals surface area contributed by atoms with Crippen molar-refractivity contribution < 1.29 is 0 Å². The van der Waals surface area contributed by atoms with Crippen LogP contribution >= 0.6 is 0 Å². The van der Waals surface area contributed by atoms with Gasteiger partial charge >= 0.3 is 0 Å². The van der Waals surface area contributed by atoms with Gasteiger partial charge in [0.15, 0.2) is 0 Å². The molecule has 2 fully saturated rings. The highest BCUT2D eigenvalue weighted by Gasteiger charge is 2.35. The largest absolute Gasteiger partial charge is 0.312 e. The zero-order valence-corrected chi connectivity index (χ0v) is 14.1. The van der Waals surface area contributed by atoms with Gasteiger partial charge in [0.1, 0.15) is 0 Å². The first-order valence-corrected chi connectivity index (χ1v) is 8.75. The van der Waals surface area contributed by atoms with Crippen LogP contribution in [0.25, 0.3) is 0 Å². The van der Waals surface area contributed by atoms with Crippen LogP contribution in [-0.4, -0.2) is 61.7 Å². The molecule has 0 aromatic rings.